The van der Waals surface area contributed by atoms with Gasteiger partial charge in [0.25, 0.3) is 5.91 Å². The van der Waals surface area contributed by atoms with E-state index in [4.69, 9.17) is 11.6 Å². The van der Waals surface area contributed by atoms with Gasteiger partial charge in [-0.15, -0.1) is 0 Å². The van der Waals surface area contributed by atoms with E-state index in [-0.39, 0.29) is 16.5 Å². The van der Waals surface area contributed by atoms with Crippen molar-refractivity contribution in [1.29, 1.82) is 0 Å². The van der Waals surface area contributed by atoms with Crippen LogP contribution in [0.4, 0.5) is 4.39 Å². The lowest BCUT2D eigenvalue weighted by Gasteiger charge is -2.08. The van der Waals surface area contributed by atoms with Gasteiger partial charge < -0.3 is 5.32 Å². The summed E-state index contributed by atoms with van der Waals surface area (Å²) < 4.78 is 14.8. The molecule has 0 atom stereocenters. The predicted octanol–water partition coefficient (Wildman–Crippen LogP) is 3.64. The third-order valence-electron chi connectivity index (χ3n) is 3.58. The van der Waals surface area contributed by atoms with E-state index in [1.807, 2.05) is 36.5 Å². The van der Waals surface area contributed by atoms with E-state index in [1.54, 1.807) is 10.9 Å². The summed E-state index contributed by atoms with van der Waals surface area (Å²) in [6.45, 7) is 0.466. The summed E-state index contributed by atoms with van der Waals surface area (Å²) in [5.74, 6) is -0.776. The fourth-order valence-corrected chi connectivity index (χ4v) is 2.58. The minimum absolute atomic E-state index is 0.107. The van der Waals surface area contributed by atoms with Gasteiger partial charge in [-0.3, -0.25) is 4.79 Å². The molecule has 0 saturated carbocycles. The summed E-state index contributed by atoms with van der Waals surface area (Å²) in [5, 5.41) is 7.06. The lowest BCUT2D eigenvalue weighted by atomic mass is 10.1. The molecule has 3 aromatic rings. The van der Waals surface area contributed by atoms with Gasteiger partial charge in [0.05, 0.1) is 16.3 Å². The van der Waals surface area contributed by atoms with Crippen LogP contribution in [0.15, 0.2) is 60.9 Å². The van der Waals surface area contributed by atoms with E-state index in [0.717, 1.165) is 17.3 Å². The number of amides is 1. The van der Waals surface area contributed by atoms with E-state index < -0.39 is 5.82 Å². The Morgan fingerprint density at radius 1 is 1.21 bits per heavy atom. The first-order valence-corrected chi connectivity index (χ1v) is 7.83. The third kappa shape index (κ3) is 3.81. The van der Waals surface area contributed by atoms with Crippen LogP contribution < -0.4 is 5.32 Å². The normalized spacial score (nSPS) is 10.6. The number of nitrogens with zero attached hydrogens (tertiary/aromatic N) is 2. The summed E-state index contributed by atoms with van der Waals surface area (Å²) in [6, 6.07) is 13.5. The Morgan fingerprint density at radius 2 is 2.00 bits per heavy atom. The Morgan fingerprint density at radius 3 is 2.67 bits per heavy atom. The van der Waals surface area contributed by atoms with Gasteiger partial charge in [-0.05, 0) is 48.4 Å². The van der Waals surface area contributed by atoms with Gasteiger partial charge in [-0.25, -0.2) is 9.07 Å². The van der Waals surface area contributed by atoms with E-state index in [0.29, 0.717) is 13.0 Å². The second-order valence-corrected chi connectivity index (χ2v) is 5.65. The fourth-order valence-electron chi connectivity index (χ4n) is 2.33. The molecule has 0 fully saturated rings. The smallest absolute Gasteiger partial charge is 0.252 e. The van der Waals surface area contributed by atoms with Crippen molar-refractivity contribution in [2.24, 2.45) is 0 Å². The Bertz CT molecular complexity index is 832. The first kappa shape index (κ1) is 16.2. The molecule has 1 amide bonds. The molecule has 1 heterocycles. The zero-order chi connectivity index (χ0) is 16.9. The van der Waals surface area contributed by atoms with Crippen LogP contribution in [0.25, 0.3) is 5.69 Å². The van der Waals surface area contributed by atoms with Crippen LogP contribution in [-0.2, 0) is 6.42 Å². The largest absolute Gasteiger partial charge is 0.352 e. The summed E-state index contributed by atoms with van der Waals surface area (Å²) in [5.41, 5.74) is 2.34. The molecule has 0 radical (unpaired) electrons. The number of nitrogens with one attached hydrogen (secondary N) is 1. The molecule has 1 N–H and O–H groups in total. The van der Waals surface area contributed by atoms with Gasteiger partial charge in [0.2, 0.25) is 0 Å². The predicted molar refractivity (Wildman–Crippen MR) is 91.0 cm³/mol. The van der Waals surface area contributed by atoms with E-state index in [1.165, 1.54) is 12.1 Å². The van der Waals surface area contributed by atoms with E-state index >= 15 is 0 Å². The van der Waals surface area contributed by atoms with Crippen LogP contribution in [0.1, 0.15) is 15.9 Å². The molecule has 3 rings (SSSR count). The first-order valence-electron chi connectivity index (χ1n) is 7.46. The lowest BCUT2D eigenvalue weighted by Crippen LogP contribution is -2.26. The van der Waals surface area contributed by atoms with Gasteiger partial charge in [0, 0.05) is 18.9 Å². The molecule has 0 aliphatic rings. The topological polar surface area (TPSA) is 46.9 Å². The molecule has 0 unspecified atom stereocenters. The highest BCUT2D eigenvalue weighted by Gasteiger charge is 2.10. The highest BCUT2D eigenvalue weighted by Crippen LogP contribution is 2.17. The average Bonchev–Trinajstić information content (AvgIpc) is 3.10. The zero-order valence-electron chi connectivity index (χ0n) is 12.7. The summed E-state index contributed by atoms with van der Waals surface area (Å²) in [6.07, 6.45) is 4.29. The van der Waals surface area contributed by atoms with Gasteiger partial charge >= 0.3 is 0 Å². The molecule has 24 heavy (non-hydrogen) atoms. The molecule has 0 bridgehead atoms. The quantitative estimate of drug-likeness (QED) is 0.769. The lowest BCUT2D eigenvalue weighted by molar-refractivity contribution is 0.0954. The number of aromatic nitrogens is 2. The summed E-state index contributed by atoms with van der Waals surface area (Å²) in [4.78, 5) is 12.0. The number of carbonyl (C=O) groups is 1. The zero-order valence-corrected chi connectivity index (χ0v) is 13.5. The summed E-state index contributed by atoms with van der Waals surface area (Å²) >= 11 is 5.88. The molecule has 0 saturated heterocycles. The Hall–Kier alpha value is -2.66. The standard InChI is InChI=1S/C18H15ClFN3O/c19-17-12-14(20)4-7-16(17)18(24)21-10-8-13-2-5-15(6-3-13)23-11-1-9-22-23/h1-7,9,11-12H,8,10H2,(H,21,24). The number of benzene rings is 2. The van der Waals surface area contributed by atoms with Crippen molar-refractivity contribution in [3.8, 4) is 5.69 Å². The number of hydrogen-bond acceptors (Lipinski definition) is 2. The molecule has 0 spiro atoms. The molecule has 0 aliphatic heterocycles. The van der Waals surface area contributed by atoms with Crippen LogP contribution in [0.2, 0.25) is 5.02 Å². The van der Waals surface area contributed by atoms with Crippen molar-refractivity contribution < 1.29 is 9.18 Å². The molecule has 1 aromatic heterocycles. The minimum Gasteiger partial charge on any atom is -0.352 e. The summed E-state index contributed by atoms with van der Waals surface area (Å²) in [7, 11) is 0. The van der Waals surface area contributed by atoms with E-state index in [2.05, 4.69) is 10.4 Å². The van der Waals surface area contributed by atoms with Crippen LogP contribution in [-0.4, -0.2) is 22.2 Å². The number of rotatable bonds is 5. The van der Waals surface area contributed by atoms with Crippen molar-refractivity contribution in [3.63, 3.8) is 0 Å². The van der Waals surface area contributed by atoms with Crippen LogP contribution in [0.3, 0.4) is 0 Å². The van der Waals surface area contributed by atoms with Crippen LogP contribution in [0, 0.1) is 5.82 Å². The number of halogens is 2. The Balaban J connectivity index is 1.55. The number of hydrogen-bond donors (Lipinski definition) is 1. The average molecular weight is 344 g/mol. The second-order valence-electron chi connectivity index (χ2n) is 5.25. The minimum atomic E-state index is -0.464. The SMILES string of the molecule is O=C(NCCc1ccc(-n2cccn2)cc1)c1ccc(F)cc1Cl. The van der Waals surface area contributed by atoms with Crippen molar-refractivity contribution in [2.45, 2.75) is 6.42 Å². The van der Waals surface area contributed by atoms with Crippen molar-refractivity contribution in [3.05, 3.63) is 82.9 Å². The second kappa shape index (κ2) is 7.27. The molecule has 122 valence electrons. The highest BCUT2D eigenvalue weighted by molar-refractivity contribution is 6.33. The fraction of sp³-hybridized carbons (Fsp3) is 0.111. The first-order chi connectivity index (χ1) is 11.6. The Kier molecular flexibility index (Phi) is 4.91. The van der Waals surface area contributed by atoms with Gasteiger partial charge in [-0.2, -0.15) is 5.10 Å². The molecule has 0 aliphatic carbocycles. The Labute approximate surface area is 143 Å². The van der Waals surface area contributed by atoms with Crippen LogP contribution in [0.5, 0.6) is 0 Å². The molecular weight excluding hydrogens is 329 g/mol. The monoisotopic (exact) mass is 343 g/mol. The van der Waals surface area contributed by atoms with Crippen molar-refractivity contribution >= 4 is 17.5 Å². The van der Waals surface area contributed by atoms with Crippen LogP contribution >= 0.6 is 11.6 Å². The maximum Gasteiger partial charge on any atom is 0.252 e. The molecular formula is C18H15ClFN3O. The van der Waals surface area contributed by atoms with E-state index in [9.17, 15) is 9.18 Å². The van der Waals surface area contributed by atoms with Gasteiger partial charge in [0.1, 0.15) is 5.82 Å². The molecule has 4 nitrogen and oxygen atoms in total. The van der Waals surface area contributed by atoms with Gasteiger partial charge in [0.15, 0.2) is 0 Å². The molecule has 2 aromatic carbocycles. The maximum absolute atomic E-state index is 13.0. The van der Waals surface area contributed by atoms with Crippen molar-refractivity contribution in [2.75, 3.05) is 6.54 Å². The number of carbonyl (C=O) groups excluding carboxylic acids is 1. The molecule has 6 heteroatoms. The maximum atomic E-state index is 13.0. The highest BCUT2D eigenvalue weighted by atomic mass is 35.5. The van der Waals surface area contributed by atoms with Crippen molar-refractivity contribution in [1.82, 2.24) is 15.1 Å². The third-order valence-corrected chi connectivity index (χ3v) is 3.89. The van der Waals surface area contributed by atoms with Gasteiger partial charge in [-0.1, -0.05) is 23.7 Å².